The minimum Gasteiger partial charge on any atom is -0.483 e. The Morgan fingerprint density at radius 3 is 2.39 bits per heavy atom. The van der Waals surface area contributed by atoms with E-state index >= 15 is 0 Å². The van der Waals surface area contributed by atoms with E-state index in [-0.39, 0.29) is 18.4 Å². The highest BCUT2D eigenvalue weighted by molar-refractivity contribution is 5.87. The van der Waals surface area contributed by atoms with Crippen molar-refractivity contribution < 1.29 is 14.3 Å². The zero-order valence-corrected chi connectivity index (χ0v) is 17.6. The first-order valence-electron chi connectivity index (χ1n) is 9.50. The fraction of sp³-hybridized carbons (Fsp3) is 0.391. The second kappa shape index (κ2) is 9.40. The molecule has 28 heavy (non-hydrogen) atoms. The van der Waals surface area contributed by atoms with Crippen LogP contribution >= 0.6 is 0 Å². The summed E-state index contributed by atoms with van der Waals surface area (Å²) in [6.07, 6.45) is 0. The van der Waals surface area contributed by atoms with Gasteiger partial charge in [-0.3, -0.25) is 9.59 Å². The Morgan fingerprint density at radius 2 is 1.75 bits per heavy atom. The van der Waals surface area contributed by atoms with Crippen molar-refractivity contribution in [2.45, 2.75) is 47.2 Å². The molecule has 0 fully saturated rings. The van der Waals surface area contributed by atoms with E-state index in [2.05, 4.69) is 11.4 Å². The van der Waals surface area contributed by atoms with E-state index in [0.717, 1.165) is 27.8 Å². The van der Waals surface area contributed by atoms with Gasteiger partial charge >= 0.3 is 0 Å². The SMILES string of the molecule is CNC(=O)[C@H](C)N(Cc1ccccc1C)C(=O)COc1cc(C)cc(C)c1C. The summed E-state index contributed by atoms with van der Waals surface area (Å²) in [7, 11) is 1.57. The monoisotopic (exact) mass is 382 g/mol. The number of rotatable bonds is 7. The second-order valence-corrected chi connectivity index (χ2v) is 7.23. The van der Waals surface area contributed by atoms with Gasteiger partial charge < -0.3 is 15.0 Å². The number of likely N-dealkylation sites (N-methyl/N-ethyl adjacent to an activating group) is 1. The van der Waals surface area contributed by atoms with Gasteiger partial charge in [0.25, 0.3) is 5.91 Å². The van der Waals surface area contributed by atoms with Crippen LogP contribution in [0.4, 0.5) is 0 Å². The Morgan fingerprint density at radius 1 is 1.07 bits per heavy atom. The largest absolute Gasteiger partial charge is 0.483 e. The number of hydrogen-bond acceptors (Lipinski definition) is 3. The fourth-order valence-corrected chi connectivity index (χ4v) is 3.14. The Hall–Kier alpha value is -2.82. The van der Waals surface area contributed by atoms with Crippen molar-refractivity contribution in [3.8, 4) is 5.75 Å². The Balaban J connectivity index is 2.21. The molecule has 150 valence electrons. The van der Waals surface area contributed by atoms with Gasteiger partial charge in [-0.2, -0.15) is 0 Å². The third kappa shape index (κ3) is 5.12. The molecule has 5 nitrogen and oxygen atoms in total. The summed E-state index contributed by atoms with van der Waals surface area (Å²) in [4.78, 5) is 26.8. The first kappa shape index (κ1) is 21.5. The quantitative estimate of drug-likeness (QED) is 0.798. The maximum Gasteiger partial charge on any atom is 0.261 e. The Labute approximate surface area is 167 Å². The number of carbonyl (C=O) groups excluding carboxylic acids is 2. The van der Waals surface area contributed by atoms with Crippen LogP contribution in [0.3, 0.4) is 0 Å². The van der Waals surface area contributed by atoms with Crippen LogP contribution in [0.1, 0.15) is 34.7 Å². The summed E-state index contributed by atoms with van der Waals surface area (Å²) in [5.74, 6) is 0.275. The van der Waals surface area contributed by atoms with Crippen LogP contribution in [-0.2, 0) is 16.1 Å². The summed E-state index contributed by atoms with van der Waals surface area (Å²) >= 11 is 0. The van der Waals surface area contributed by atoms with E-state index in [0.29, 0.717) is 12.3 Å². The van der Waals surface area contributed by atoms with Crippen molar-refractivity contribution in [3.05, 3.63) is 64.2 Å². The smallest absolute Gasteiger partial charge is 0.261 e. The highest BCUT2D eigenvalue weighted by Crippen LogP contribution is 2.23. The van der Waals surface area contributed by atoms with Gasteiger partial charge in [-0.25, -0.2) is 0 Å². The van der Waals surface area contributed by atoms with Crippen LogP contribution < -0.4 is 10.1 Å². The van der Waals surface area contributed by atoms with Crippen molar-refractivity contribution in [1.29, 1.82) is 0 Å². The predicted molar refractivity (Wildman–Crippen MR) is 111 cm³/mol. The zero-order valence-electron chi connectivity index (χ0n) is 17.6. The van der Waals surface area contributed by atoms with E-state index in [1.165, 1.54) is 0 Å². The molecule has 2 amide bonds. The first-order valence-corrected chi connectivity index (χ1v) is 9.50. The van der Waals surface area contributed by atoms with Gasteiger partial charge in [0.2, 0.25) is 5.91 Å². The summed E-state index contributed by atoms with van der Waals surface area (Å²) in [6.45, 7) is 9.97. The van der Waals surface area contributed by atoms with Crippen LogP contribution in [0.5, 0.6) is 5.75 Å². The molecule has 1 atom stereocenters. The number of benzene rings is 2. The third-order valence-corrected chi connectivity index (χ3v) is 5.13. The number of ether oxygens (including phenoxy) is 1. The minimum absolute atomic E-state index is 0.114. The highest BCUT2D eigenvalue weighted by Gasteiger charge is 2.26. The summed E-state index contributed by atoms with van der Waals surface area (Å²) < 4.78 is 5.85. The van der Waals surface area contributed by atoms with Crippen molar-refractivity contribution in [2.24, 2.45) is 0 Å². The van der Waals surface area contributed by atoms with Crippen molar-refractivity contribution in [3.63, 3.8) is 0 Å². The fourth-order valence-electron chi connectivity index (χ4n) is 3.14. The molecule has 0 unspecified atom stereocenters. The molecule has 0 aliphatic carbocycles. The molecule has 2 rings (SSSR count). The van der Waals surface area contributed by atoms with E-state index in [1.54, 1.807) is 18.9 Å². The van der Waals surface area contributed by atoms with Gasteiger partial charge in [-0.05, 0) is 68.5 Å². The number of aryl methyl sites for hydroxylation is 3. The molecule has 0 bridgehead atoms. The summed E-state index contributed by atoms with van der Waals surface area (Å²) in [6, 6.07) is 11.3. The van der Waals surface area contributed by atoms with Gasteiger partial charge in [0.15, 0.2) is 6.61 Å². The Bertz CT molecular complexity index is 861. The van der Waals surface area contributed by atoms with Gasteiger partial charge in [-0.1, -0.05) is 30.3 Å². The Kier molecular flexibility index (Phi) is 7.21. The lowest BCUT2D eigenvalue weighted by molar-refractivity contribution is -0.142. The second-order valence-electron chi connectivity index (χ2n) is 7.23. The van der Waals surface area contributed by atoms with E-state index < -0.39 is 6.04 Å². The average molecular weight is 383 g/mol. The topological polar surface area (TPSA) is 58.6 Å². The van der Waals surface area contributed by atoms with E-state index in [4.69, 9.17) is 4.74 Å². The molecule has 0 saturated carbocycles. The van der Waals surface area contributed by atoms with Crippen LogP contribution in [0.2, 0.25) is 0 Å². The summed E-state index contributed by atoms with van der Waals surface area (Å²) in [5, 5.41) is 2.62. The average Bonchev–Trinajstić information content (AvgIpc) is 2.67. The van der Waals surface area contributed by atoms with Gasteiger partial charge in [-0.15, -0.1) is 0 Å². The van der Waals surface area contributed by atoms with Crippen LogP contribution in [0.15, 0.2) is 36.4 Å². The molecule has 0 aliphatic heterocycles. The van der Waals surface area contributed by atoms with Crippen molar-refractivity contribution >= 4 is 11.8 Å². The lowest BCUT2D eigenvalue weighted by atomic mass is 10.1. The lowest BCUT2D eigenvalue weighted by Gasteiger charge is -2.29. The molecule has 0 spiro atoms. The van der Waals surface area contributed by atoms with E-state index in [9.17, 15) is 9.59 Å². The molecular weight excluding hydrogens is 352 g/mol. The standard InChI is InChI=1S/C23H30N2O3/c1-15-11-17(3)18(4)21(12-15)28-14-22(26)25(19(5)23(27)24-6)13-20-10-8-7-9-16(20)2/h7-12,19H,13-14H2,1-6H3,(H,24,27)/t19-/m0/s1. The number of hydrogen-bond donors (Lipinski definition) is 1. The molecule has 0 aromatic heterocycles. The number of amides is 2. The normalized spacial score (nSPS) is 11.6. The molecule has 1 N–H and O–H groups in total. The van der Waals surface area contributed by atoms with Crippen LogP contribution in [-0.4, -0.2) is 36.4 Å². The number of nitrogens with one attached hydrogen (secondary N) is 1. The molecule has 5 heteroatoms. The van der Waals surface area contributed by atoms with Crippen molar-refractivity contribution in [1.82, 2.24) is 10.2 Å². The lowest BCUT2D eigenvalue weighted by Crippen LogP contribution is -2.48. The maximum atomic E-state index is 13.0. The molecule has 2 aromatic carbocycles. The number of carbonyl (C=O) groups is 2. The van der Waals surface area contributed by atoms with Crippen molar-refractivity contribution in [2.75, 3.05) is 13.7 Å². The van der Waals surface area contributed by atoms with Gasteiger partial charge in [0.1, 0.15) is 11.8 Å². The van der Waals surface area contributed by atoms with Crippen LogP contribution in [0.25, 0.3) is 0 Å². The first-order chi connectivity index (χ1) is 13.2. The minimum atomic E-state index is -0.596. The third-order valence-electron chi connectivity index (χ3n) is 5.13. The number of nitrogens with zero attached hydrogens (tertiary/aromatic N) is 1. The molecule has 0 heterocycles. The summed E-state index contributed by atoms with van der Waals surface area (Å²) in [5.41, 5.74) is 5.31. The highest BCUT2D eigenvalue weighted by atomic mass is 16.5. The van der Waals surface area contributed by atoms with Gasteiger partial charge in [0, 0.05) is 13.6 Å². The van der Waals surface area contributed by atoms with E-state index in [1.807, 2.05) is 58.0 Å². The van der Waals surface area contributed by atoms with Gasteiger partial charge in [0.05, 0.1) is 0 Å². The molecule has 2 aromatic rings. The van der Waals surface area contributed by atoms with Crippen LogP contribution in [0, 0.1) is 27.7 Å². The molecule has 0 saturated heterocycles. The maximum absolute atomic E-state index is 13.0. The zero-order chi connectivity index (χ0) is 20.8. The molecular formula is C23H30N2O3. The predicted octanol–water partition coefficient (Wildman–Crippen LogP) is 3.46. The molecule has 0 aliphatic rings. The molecule has 0 radical (unpaired) electrons.